The van der Waals surface area contributed by atoms with E-state index in [1.54, 1.807) is 4.90 Å². The van der Waals surface area contributed by atoms with Crippen molar-refractivity contribution >= 4 is 17.9 Å². The lowest BCUT2D eigenvalue weighted by atomic mass is 9.97. The van der Waals surface area contributed by atoms with Gasteiger partial charge in [0.25, 0.3) is 0 Å². The van der Waals surface area contributed by atoms with Crippen LogP contribution in [0.3, 0.4) is 0 Å². The Morgan fingerprint density at radius 2 is 1.67 bits per heavy atom. The number of amides is 3. The summed E-state index contributed by atoms with van der Waals surface area (Å²) in [6, 6.07) is -0.523. The number of hydrogen-bond acceptors (Lipinski definition) is 3. The molecule has 21 heavy (non-hydrogen) atoms. The molecule has 0 bridgehead atoms. The van der Waals surface area contributed by atoms with Crippen LogP contribution >= 0.6 is 0 Å². The first kappa shape index (κ1) is 19.2. The summed E-state index contributed by atoms with van der Waals surface area (Å²) in [5.41, 5.74) is 0. The standard InChI is InChI=1S/C14H27N3O4/c1-5-17(6-2)12(18)9-16-14(21)15-8-11(13(19)20)7-10(3)4/h10-11H,5-9H2,1-4H3,(H,19,20)(H2,15,16,21). The highest BCUT2D eigenvalue weighted by Gasteiger charge is 2.20. The number of urea groups is 1. The summed E-state index contributed by atoms with van der Waals surface area (Å²) in [7, 11) is 0. The largest absolute Gasteiger partial charge is 0.481 e. The molecule has 0 aromatic heterocycles. The molecule has 0 aliphatic carbocycles. The lowest BCUT2D eigenvalue weighted by Crippen LogP contribution is -2.45. The second kappa shape index (κ2) is 10.0. The van der Waals surface area contributed by atoms with E-state index in [1.807, 2.05) is 27.7 Å². The van der Waals surface area contributed by atoms with Gasteiger partial charge < -0.3 is 20.6 Å². The maximum atomic E-state index is 11.7. The molecule has 0 aliphatic heterocycles. The van der Waals surface area contributed by atoms with E-state index >= 15 is 0 Å². The van der Waals surface area contributed by atoms with E-state index in [1.165, 1.54) is 0 Å². The van der Waals surface area contributed by atoms with Crippen LogP contribution in [0.5, 0.6) is 0 Å². The van der Waals surface area contributed by atoms with Crippen molar-refractivity contribution in [3.63, 3.8) is 0 Å². The molecule has 0 heterocycles. The summed E-state index contributed by atoms with van der Waals surface area (Å²) in [5, 5.41) is 14.0. The number of nitrogens with one attached hydrogen (secondary N) is 2. The molecule has 0 radical (unpaired) electrons. The van der Waals surface area contributed by atoms with Gasteiger partial charge in [-0.3, -0.25) is 9.59 Å². The molecule has 0 aromatic carbocycles. The highest BCUT2D eigenvalue weighted by atomic mass is 16.4. The third-order valence-electron chi connectivity index (χ3n) is 3.13. The first-order chi connectivity index (χ1) is 9.81. The molecule has 0 fully saturated rings. The molecule has 0 saturated heterocycles. The minimum Gasteiger partial charge on any atom is -0.481 e. The van der Waals surface area contributed by atoms with E-state index in [4.69, 9.17) is 5.11 Å². The van der Waals surface area contributed by atoms with Crippen LogP contribution in [0.25, 0.3) is 0 Å². The second-order valence-corrected chi connectivity index (χ2v) is 5.29. The Kier molecular flexibility index (Phi) is 9.16. The average Bonchev–Trinajstić information content (AvgIpc) is 2.41. The summed E-state index contributed by atoms with van der Waals surface area (Å²) in [4.78, 5) is 35.9. The fourth-order valence-corrected chi connectivity index (χ4v) is 1.96. The number of rotatable bonds is 9. The molecule has 7 heteroatoms. The van der Waals surface area contributed by atoms with Gasteiger partial charge in [-0.05, 0) is 26.2 Å². The summed E-state index contributed by atoms with van der Waals surface area (Å²) in [6.45, 7) is 8.74. The van der Waals surface area contributed by atoms with Crippen LogP contribution in [0, 0.1) is 11.8 Å². The van der Waals surface area contributed by atoms with E-state index in [0.717, 1.165) is 0 Å². The number of aliphatic carboxylic acids is 1. The molecule has 3 amide bonds. The van der Waals surface area contributed by atoms with Gasteiger partial charge in [0.15, 0.2) is 0 Å². The number of hydrogen-bond donors (Lipinski definition) is 3. The third-order valence-corrected chi connectivity index (χ3v) is 3.13. The van der Waals surface area contributed by atoms with Crippen molar-refractivity contribution in [3.05, 3.63) is 0 Å². The Morgan fingerprint density at radius 1 is 1.10 bits per heavy atom. The molecule has 3 N–H and O–H groups in total. The van der Waals surface area contributed by atoms with Gasteiger partial charge in [0, 0.05) is 19.6 Å². The van der Waals surface area contributed by atoms with Crippen molar-refractivity contribution in [1.29, 1.82) is 0 Å². The quantitative estimate of drug-likeness (QED) is 0.589. The molecule has 0 saturated carbocycles. The summed E-state index contributed by atoms with van der Waals surface area (Å²) >= 11 is 0. The van der Waals surface area contributed by atoms with Crippen LogP contribution < -0.4 is 10.6 Å². The van der Waals surface area contributed by atoms with Crippen molar-refractivity contribution in [1.82, 2.24) is 15.5 Å². The highest BCUT2D eigenvalue weighted by molar-refractivity contribution is 5.84. The van der Waals surface area contributed by atoms with Crippen LogP contribution in [0.2, 0.25) is 0 Å². The van der Waals surface area contributed by atoms with Crippen LogP contribution in [-0.4, -0.2) is 54.1 Å². The topological polar surface area (TPSA) is 98.7 Å². The van der Waals surface area contributed by atoms with Crippen LogP contribution in [0.15, 0.2) is 0 Å². The molecule has 1 unspecified atom stereocenters. The van der Waals surface area contributed by atoms with Crippen LogP contribution in [0.4, 0.5) is 4.79 Å². The van der Waals surface area contributed by atoms with E-state index in [9.17, 15) is 14.4 Å². The zero-order chi connectivity index (χ0) is 16.4. The van der Waals surface area contributed by atoms with Gasteiger partial charge in [0.1, 0.15) is 0 Å². The number of carbonyl (C=O) groups excluding carboxylic acids is 2. The Bertz CT molecular complexity index is 354. The first-order valence-corrected chi connectivity index (χ1v) is 7.34. The van der Waals surface area contributed by atoms with Gasteiger partial charge in [-0.15, -0.1) is 0 Å². The minimum atomic E-state index is -0.928. The van der Waals surface area contributed by atoms with Crippen molar-refractivity contribution in [2.24, 2.45) is 11.8 Å². The Balaban J connectivity index is 4.14. The molecule has 0 rings (SSSR count). The van der Waals surface area contributed by atoms with E-state index < -0.39 is 17.9 Å². The van der Waals surface area contributed by atoms with Gasteiger partial charge in [0.05, 0.1) is 12.5 Å². The maximum absolute atomic E-state index is 11.7. The number of likely N-dealkylation sites (N-methyl/N-ethyl adjacent to an activating group) is 1. The summed E-state index contributed by atoms with van der Waals surface area (Å²) < 4.78 is 0. The molecule has 0 spiro atoms. The van der Waals surface area contributed by atoms with Crippen LogP contribution in [-0.2, 0) is 9.59 Å². The number of carboxylic acid groups (broad SMARTS) is 1. The van der Waals surface area contributed by atoms with Gasteiger partial charge in [0.2, 0.25) is 5.91 Å². The molecule has 7 nitrogen and oxygen atoms in total. The molecular weight excluding hydrogens is 274 g/mol. The molecule has 122 valence electrons. The van der Waals surface area contributed by atoms with Crippen molar-refractivity contribution in [3.8, 4) is 0 Å². The summed E-state index contributed by atoms with van der Waals surface area (Å²) in [6.07, 6.45) is 0.494. The fourth-order valence-electron chi connectivity index (χ4n) is 1.96. The number of carbonyl (C=O) groups is 3. The van der Waals surface area contributed by atoms with Gasteiger partial charge in [-0.2, -0.15) is 0 Å². The Hall–Kier alpha value is -1.79. The van der Waals surface area contributed by atoms with Crippen molar-refractivity contribution in [2.75, 3.05) is 26.2 Å². The third kappa shape index (κ3) is 8.16. The zero-order valence-electron chi connectivity index (χ0n) is 13.3. The second-order valence-electron chi connectivity index (χ2n) is 5.29. The van der Waals surface area contributed by atoms with Gasteiger partial charge >= 0.3 is 12.0 Å². The van der Waals surface area contributed by atoms with E-state index in [0.29, 0.717) is 19.5 Å². The minimum absolute atomic E-state index is 0.0544. The van der Waals surface area contributed by atoms with E-state index in [-0.39, 0.29) is 24.9 Å². The lowest BCUT2D eigenvalue weighted by molar-refractivity contribution is -0.142. The summed E-state index contributed by atoms with van der Waals surface area (Å²) in [5.74, 6) is -1.47. The first-order valence-electron chi connectivity index (χ1n) is 7.34. The molecule has 1 atom stereocenters. The smallest absolute Gasteiger partial charge is 0.315 e. The zero-order valence-corrected chi connectivity index (χ0v) is 13.3. The normalized spacial score (nSPS) is 11.9. The van der Waals surface area contributed by atoms with Gasteiger partial charge in [-0.1, -0.05) is 13.8 Å². The predicted molar refractivity (Wildman–Crippen MR) is 79.9 cm³/mol. The van der Waals surface area contributed by atoms with Crippen molar-refractivity contribution < 1.29 is 19.5 Å². The lowest BCUT2D eigenvalue weighted by Gasteiger charge is -2.19. The average molecular weight is 301 g/mol. The molecule has 0 aliphatic rings. The van der Waals surface area contributed by atoms with Gasteiger partial charge in [-0.25, -0.2) is 4.79 Å². The molecular formula is C14H27N3O4. The van der Waals surface area contributed by atoms with Crippen molar-refractivity contribution in [2.45, 2.75) is 34.1 Å². The number of carboxylic acids is 1. The maximum Gasteiger partial charge on any atom is 0.315 e. The molecule has 0 aromatic rings. The fraction of sp³-hybridized carbons (Fsp3) is 0.786. The predicted octanol–water partition coefficient (Wildman–Crippen LogP) is 0.901. The van der Waals surface area contributed by atoms with E-state index in [2.05, 4.69) is 10.6 Å². The Morgan fingerprint density at radius 3 is 2.10 bits per heavy atom. The monoisotopic (exact) mass is 301 g/mol. The Labute approximate surface area is 126 Å². The number of nitrogens with zero attached hydrogens (tertiary/aromatic N) is 1. The highest BCUT2D eigenvalue weighted by Crippen LogP contribution is 2.10. The SMILES string of the molecule is CCN(CC)C(=O)CNC(=O)NCC(CC(C)C)C(=O)O. The van der Waals surface area contributed by atoms with Crippen LogP contribution in [0.1, 0.15) is 34.1 Å².